The third kappa shape index (κ3) is 4.23. The van der Waals surface area contributed by atoms with Gasteiger partial charge in [-0.2, -0.15) is 5.10 Å². The lowest BCUT2D eigenvalue weighted by Gasteiger charge is -2.31. The Hall–Kier alpha value is -2.58. The number of fused-ring (bicyclic) bond motifs is 1. The van der Waals surface area contributed by atoms with E-state index in [1.54, 1.807) is 9.80 Å². The molecule has 9 nitrogen and oxygen atoms in total. The van der Waals surface area contributed by atoms with E-state index in [9.17, 15) is 14.4 Å². The summed E-state index contributed by atoms with van der Waals surface area (Å²) in [5, 5.41) is 7.11. The minimum absolute atomic E-state index is 0.138. The first-order valence-electron chi connectivity index (χ1n) is 9.28. The Bertz CT molecular complexity index is 743. The van der Waals surface area contributed by atoms with Gasteiger partial charge < -0.3 is 20.3 Å². The van der Waals surface area contributed by atoms with Gasteiger partial charge in [-0.3, -0.25) is 14.7 Å². The van der Waals surface area contributed by atoms with E-state index in [4.69, 9.17) is 10.5 Å². The molecule has 27 heavy (non-hydrogen) atoms. The van der Waals surface area contributed by atoms with E-state index in [1.165, 1.54) is 0 Å². The molecule has 148 valence electrons. The fourth-order valence-electron chi connectivity index (χ4n) is 3.49. The average Bonchev–Trinajstić information content (AvgIpc) is 3.02. The first-order chi connectivity index (χ1) is 12.7. The number of carbonyl (C=O) groups excluding carboxylic acids is 3. The molecule has 0 radical (unpaired) electrons. The molecule has 9 heteroatoms. The van der Waals surface area contributed by atoms with Gasteiger partial charge in [-0.1, -0.05) is 0 Å². The van der Waals surface area contributed by atoms with Gasteiger partial charge in [0, 0.05) is 31.1 Å². The van der Waals surface area contributed by atoms with E-state index < -0.39 is 5.60 Å². The van der Waals surface area contributed by atoms with Gasteiger partial charge in [0.2, 0.25) is 5.91 Å². The number of nitrogens with zero attached hydrogens (tertiary/aromatic N) is 3. The lowest BCUT2D eigenvalue weighted by atomic mass is 9.95. The zero-order chi connectivity index (χ0) is 19.8. The number of H-pyrrole nitrogens is 1. The first kappa shape index (κ1) is 19.2. The van der Waals surface area contributed by atoms with E-state index in [0.29, 0.717) is 51.1 Å². The van der Waals surface area contributed by atoms with Crippen molar-refractivity contribution in [1.82, 2.24) is 20.0 Å². The maximum atomic E-state index is 12.8. The van der Waals surface area contributed by atoms with Crippen molar-refractivity contribution in [2.75, 3.05) is 19.6 Å². The third-order valence-corrected chi connectivity index (χ3v) is 4.97. The standard InChI is InChI=1S/C18H27N5O4/c1-18(2,3)27-17(26)23-9-6-12-13(10-23)20-21-14(12)16(25)22-7-4-11(5-8-22)15(19)24/h11H,4-10H2,1-3H3,(H2,19,24)(H,20,21). The van der Waals surface area contributed by atoms with E-state index in [2.05, 4.69) is 10.2 Å². The van der Waals surface area contributed by atoms with E-state index in [-0.39, 0.29) is 23.8 Å². The Morgan fingerprint density at radius 2 is 1.81 bits per heavy atom. The number of aromatic nitrogens is 2. The molecule has 0 unspecified atom stereocenters. The van der Waals surface area contributed by atoms with E-state index >= 15 is 0 Å². The van der Waals surface area contributed by atoms with Crippen LogP contribution in [0, 0.1) is 5.92 Å². The highest BCUT2D eigenvalue weighted by Gasteiger charge is 2.33. The molecule has 0 aromatic carbocycles. The predicted octanol–water partition coefficient (Wildman–Crippen LogP) is 1.04. The summed E-state index contributed by atoms with van der Waals surface area (Å²) < 4.78 is 5.41. The third-order valence-electron chi connectivity index (χ3n) is 4.97. The van der Waals surface area contributed by atoms with Crippen molar-refractivity contribution >= 4 is 17.9 Å². The molecule has 3 N–H and O–H groups in total. The van der Waals surface area contributed by atoms with Crippen LogP contribution in [0.25, 0.3) is 0 Å². The highest BCUT2D eigenvalue weighted by atomic mass is 16.6. The molecular weight excluding hydrogens is 350 g/mol. The molecule has 1 fully saturated rings. The number of likely N-dealkylation sites (tertiary alicyclic amines) is 1. The summed E-state index contributed by atoms with van der Waals surface area (Å²) in [7, 11) is 0. The molecule has 0 atom stereocenters. The quantitative estimate of drug-likeness (QED) is 0.797. The molecule has 2 aliphatic heterocycles. The summed E-state index contributed by atoms with van der Waals surface area (Å²) in [6.45, 7) is 7.30. The van der Waals surface area contributed by atoms with Crippen LogP contribution in [0.4, 0.5) is 4.79 Å². The summed E-state index contributed by atoms with van der Waals surface area (Å²) in [4.78, 5) is 39.7. The van der Waals surface area contributed by atoms with E-state index in [1.807, 2.05) is 20.8 Å². The second kappa shape index (κ2) is 7.21. The number of amides is 3. The molecule has 3 heterocycles. The summed E-state index contributed by atoms with van der Waals surface area (Å²) in [6.07, 6.45) is 1.34. The molecule has 3 rings (SSSR count). The van der Waals surface area contributed by atoms with Gasteiger partial charge in [0.1, 0.15) is 5.60 Å². The van der Waals surface area contributed by atoms with Gasteiger partial charge >= 0.3 is 6.09 Å². The number of aromatic amines is 1. The topological polar surface area (TPSA) is 122 Å². The summed E-state index contributed by atoms with van der Waals surface area (Å²) in [5.74, 6) is -0.604. The van der Waals surface area contributed by atoms with Crippen molar-refractivity contribution in [3.8, 4) is 0 Å². The van der Waals surface area contributed by atoms with Crippen molar-refractivity contribution in [3.05, 3.63) is 17.0 Å². The van der Waals surface area contributed by atoms with Crippen molar-refractivity contribution in [2.24, 2.45) is 11.7 Å². The molecule has 0 bridgehead atoms. The van der Waals surface area contributed by atoms with Crippen molar-refractivity contribution < 1.29 is 19.1 Å². The molecular formula is C18H27N5O4. The lowest BCUT2D eigenvalue weighted by molar-refractivity contribution is -0.123. The fraction of sp³-hybridized carbons (Fsp3) is 0.667. The minimum atomic E-state index is -0.552. The second-order valence-electron chi connectivity index (χ2n) is 8.15. The van der Waals surface area contributed by atoms with Crippen LogP contribution in [0.5, 0.6) is 0 Å². The molecule has 1 saturated heterocycles. The van der Waals surface area contributed by atoms with E-state index in [0.717, 1.165) is 11.3 Å². The first-order valence-corrected chi connectivity index (χ1v) is 9.28. The molecule has 0 saturated carbocycles. The number of hydrogen-bond acceptors (Lipinski definition) is 5. The Kier molecular flexibility index (Phi) is 5.12. The maximum absolute atomic E-state index is 12.8. The van der Waals surface area contributed by atoms with Gasteiger partial charge in [0.05, 0.1) is 12.2 Å². The molecule has 0 aliphatic carbocycles. The van der Waals surface area contributed by atoms with Crippen LogP contribution in [-0.4, -0.2) is 63.1 Å². The Morgan fingerprint density at radius 3 is 2.41 bits per heavy atom. The largest absolute Gasteiger partial charge is 0.444 e. The van der Waals surface area contributed by atoms with Crippen LogP contribution in [0.1, 0.15) is 55.4 Å². The Morgan fingerprint density at radius 1 is 1.15 bits per heavy atom. The van der Waals surface area contributed by atoms with Crippen molar-refractivity contribution in [3.63, 3.8) is 0 Å². The second-order valence-corrected chi connectivity index (χ2v) is 8.15. The Labute approximate surface area is 158 Å². The SMILES string of the molecule is CC(C)(C)OC(=O)N1CCc2c(C(=O)N3CCC(C(N)=O)CC3)n[nH]c2C1. The predicted molar refractivity (Wildman–Crippen MR) is 96.8 cm³/mol. The zero-order valence-corrected chi connectivity index (χ0v) is 16.1. The van der Waals surface area contributed by atoms with Gasteiger partial charge in [-0.05, 0) is 40.0 Å². The number of ether oxygens (including phenoxy) is 1. The van der Waals surface area contributed by atoms with Crippen LogP contribution in [0.2, 0.25) is 0 Å². The van der Waals surface area contributed by atoms with Crippen molar-refractivity contribution in [1.29, 1.82) is 0 Å². The average molecular weight is 377 g/mol. The van der Waals surface area contributed by atoms with Crippen LogP contribution >= 0.6 is 0 Å². The van der Waals surface area contributed by atoms with Crippen molar-refractivity contribution in [2.45, 2.75) is 52.2 Å². The van der Waals surface area contributed by atoms with Crippen LogP contribution < -0.4 is 5.73 Å². The van der Waals surface area contributed by atoms with Crippen LogP contribution in [-0.2, 0) is 22.5 Å². The van der Waals surface area contributed by atoms with Gasteiger partial charge in [-0.15, -0.1) is 0 Å². The minimum Gasteiger partial charge on any atom is -0.444 e. The molecule has 0 spiro atoms. The number of rotatable bonds is 2. The lowest BCUT2D eigenvalue weighted by Crippen LogP contribution is -2.42. The monoisotopic (exact) mass is 377 g/mol. The summed E-state index contributed by atoms with van der Waals surface area (Å²) >= 11 is 0. The molecule has 2 aliphatic rings. The number of hydrogen-bond donors (Lipinski definition) is 2. The van der Waals surface area contributed by atoms with Crippen LogP contribution in [0.3, 0.4) is 0 Å². The van der Waals surface area contributed by atoms with Gasteiger partial charge in [0.15, 0.2) is 5.69 Å². The molecule has 1 aromatic rings. The number of nitrogens with two attached hydrogens (primary N) is 1. The number of carbonyl (C=O) groups is 3. The normalized spacial score (nSPS) is 18.2. The van der Waals surface area contributed by atoms with Gasteiger partial charge in [0.25, 0.3) is 5.91 Å². The zero-order valence-electron chi connectivity index (χ0n) is 16.1. The maximum Gasteiger partial charge on any atom is 0.410 e. The smallest absolute Gasteiger partial charge is 0.410 e. The Balaban J connectivity index is 1.65. The fourth-order valence-corrected chi connectivity index (χ4v) is 3.49. The summed E-state index contributed by atoms with van der Waals surface area (Å²) in [6, 6.07) is 0. The molecule has 1 aromatic heterocycles. The number of nitrogens with one attached hydrogen (secondary N) is 1. The van der Waals surface area contributed by atoms with Crippen LogP contribution in [0.15, 0.2) is 0 Å². The number of primary amides is 1. The molecule has 3 amide bonds. The van der Waals surface area contributed by atoms with Gasteiger partial charge in [-0.25, -0.2) is 4.79 Å². The highest BCUT2D eigenvalue weighted by Crippen LogP contribution is 2.25. The highest BCUT2D eigenvalue weighted by molar-refractivity contribution is 5.94. The summed E-state index contributed by atoms with van der Waals surface area (Å²) in [5.41, 5.74) is 6.83. The number of piperidine rings is 1.